The van der Waals surface area contributed by atoms with Gasteiger partial charge in [-0.25, -0.2) is 8.42 Å². The number of hydrogen-bond donors (Lipinski definition) is 2. The van der Waals surface area contributed by atoms with Crippen LogP contribution in [0.1, 0.15) is 25.0 Å². The molecule has 1 aromatic heterocycles. The Morgan fingerprint density at radius 3 is 2.68 bits per heavy atom. The molecule has 2 rings (SSSR count). The summed E-state index contributed by atoms with van der Waals surface area (Å²) in [5, 5.41) is 0. The van der Waals surface area contributed by atoms with E-state index in [9.17, 15) is 18.0 Å². The highest BCUT2D eigenvalue weighted by Crippen LogP contribution is 2.27. The predicted octanol–water partition coefficient (Wildman–Crippen LogP) is -0.227. The molecule has 1 aromatic rings. The topological polar surface area (TPSA) is 113 Å². The van der Waals surface area contributed by atoms with Crippen LogP contribution in [0.5, 0.6) is 0 Å². The first-order valence-electron chi connectivity index (χ1n) is 5.85. The first-order chi connectivity index (χ1) is 8.84. The fourth-order valence-corrected chi connectivity index (χ4v) is 5.30. The summed E-state index contributed by atoms with van der Waals surface area (Å²) in [7, 11) is -3.85. The smallest absolute Gasteiger partial charge is 0.305 e. The first-order valence-corrected chi connectivity index (χ1v) is 8.10. The lowest BCUT2D eigenvalue weighted by molar-refractivity contribution is -0.122. The van der Waals surface area contributed by atoms with E-state index in [1.54, 1.807) is 0 Å². The van der Waals surface area contributed by atoms with Crippen LogP contribution < -0.4 is 10.6 Å². The van der Waals surface area contributed by atoms with Gasteiger partial charge >= 0.3 is 4.87 Å². The molecule has 1 fully saturated rings. The van der Waals surface area contributed by atoms with Gasteiger partial charge in [-0.3, -0.25) is 9.59 Å². The lowest BCUT2D eigenvalue weighted by atomic mass is 10.0. The van der Waals surface area contributed by atoms with Crippen molar-refractivity contribution < 1.29 is 13.2 Å². The van der Waals surface area contributed by atoms with Crippen LogP contribution >= 0.6 is 11.3 Å². The Morgan fingerprint density at radius 2 is 2.16 bits per heavy atom. The van der Waals surface area contributed by atoms with Crippen LogP contribution in [0.3, 0.4) is 0 Å². The third-order valence-corrected chi connectivity index (χ3v) is 6.60. The van der Waals surface area contributed by atoms with Gasteiger partial charge in [-0.15, -0.1) is 0 Å². The maximum atomic E-state index is 12.5. The molecule has 0 aliphatic carbocycles. The van der Waals surface area contributed by atoms with E-state index in [1.165, 1.54) is 6.92 Å². The van der Waals surface area contributed by atoms with Crippen LogP contribution in [0, 0.1) is 6.92 Å². The van der Waals surface area contributed by atoms with Crippen molar-refractivity contribution in [3.63, 3.8) is 0 Å². The summed E-state index contributed by atoms with van der Waals surface area (Å²) in [5.74, 6) is -0.649. The minimum absolute atomic E-state index is 0.0364. The van der Waals surface area contributed by atoms with E-state index in [0.717, 1.165) is 10.7 Å². The molecule has 9 heteroatoms. The van der Waals surface area contributed by atoms with Gasteiger partial charge in [-0.2, -0.15) is 4.31 Å². The van der Waals surface area contributed by atoms with Gasteiger partial charge in [-0.1, -0.05) is 17.8 Å². The fourth-order valence-electron chi connectivity index (χ4n) is 2.22. The molecule has 0 bridgehead atoms. The zero-order valence-electron chi connectivity index (χ0n) is 10.4. The molecule has 1 aliphatic rings. The van der Waals surface area contributed by atoms with E-state index < -0.39 is 26.8 Å². The number of piperidine rings is 1. The van der Waals surface area contributed by atoms with E-state index in [0.29, 0.717) is 29.9 Å². The fraction of sp³-hybridized carbons (Fsp3) is 0.600. The number of primary amides is 1. The van der Waals surface area contributed by atoms with Crippen LogP contribution in [-0.4, -0.2) is 36.2 Å². The van der Waals surface area contributed by atoms with Crippen molar-refractivity contribution in [1.82, 2.24) is 9.29 Å². The van der Waals surface area contributed by atoms with Crippen molar-refractivity contribution >= 4 is 27.3 Å². The zero-order valence-corrected chi connectivity index (χ0v) is 12.0. The molecule has 1 unspecified atom stereocenters. The van der Waals surface area contributed by atoms with Crippen molar-refractivity contribution in [2.24, 2.45) is 5.73 Å². The Morgan fingerprint density at radius 1 is 1.47 bits per heavy atom. The molecule has 0 aromatic carbocycles. The van der Waals surface area contributed by atoms with Gasteiger partial charge in [0.25, 0.3) is 10.0 Å². The quantitative estimate of drug-likeness (QED) is 0.803. The number of aryl methyl sites for hydroxylation is 1. The molecule has 2 heterocycles. The summed E-state index contributed by atoms with van der Waals surface area (Å²) in [5.41, 5.74) is 5.56. The molecule has 0 radical (unpaired) electrons. The average molecular weight is 305 g/mol. The van der Waals surface area contributed by atoms with Crippen molar-refractivity contribution in [1.29, 1.82) is 0 Å². The Hall–Kier alpha value is -1.19. The van der Waals surface area contributed by atoms with Gasteiger partial charge in [-0.05, 0) is 19.8 Å². The predicted molar refractivity (Wildman–Crippen MR) is 70.4 cm³/mol. The molecule has 0 spiro atoms. The highest BCUT2D eigenvalue weighted by molar-refractivity contribution is 7.91. The number of hydrogen-bond acceptors (Lipinski definition) is 5. The van der Waals surface area contributed by atoms with Crippen LogP contribution in [0.25, 0.3) is 0 Å². The molecule has 19 heavy (non-hydrogen) atoms. The number of nitrogens with one attached hydrogen (secondary N) is 1. The van der Waals surface area contributed by atoms with E-state index in [-0.39, 0.29) is 10.8 Å². The number of carbonyl (C=O) groups is 1. The van der Waals surface area contributed by atoms with E-state index in [4.69, 9.17) is 5.73 Å². The molecule has 3 N–H and O–H groups in total. The Balaban J connectivity index is 2.45. The number of rotatable bonds is 3. The van der Waals surface area contributed by atoms with Gasteiger partial charge in [0.1, 0.15) is 6.04 Å². The second-order valence-electron chi connectivity index (χ2n) is 4.46. The van der Waals surface area contributed by atoms with Gasteiger partial charge in [0, 0.05) is 12.2 Å². The van der Waals surface area contributed by atoms with Crippen LogP contribution in [-0.2, 0) is 14.8 Å². The summed E-state index contributed by atoms with van der Waals surface area (Å²) in [6, 6.07) is -0.824. The maximum absolute atomic E-state index is 12.5. The van der Waals surface area contributed by atoms with E-state index >= 15 is 0 Å². The third-order valence-electron chi connectivity index (χ3n) is 3.11. The number of nitrogens with zero attached hydrogens (tertiary/aromatic N) is 1. The lowest BCUT2D eigenvalue weighted by Gasteiger charge is -2.32. The van der Waals surface area contributed by atoms with Gasteiger partial charge in [0.2, 0.25) is 5.91 Å². The van der Waals surface area contributed by atoms with Crippen LogP contribution in [0.15, 0.2) is 9.00 Å². The van der Waals surface area contributed by atoms with Crippen molar-refractivity contribution in [2.45, 2.75) is 36.4 Å². The lowest BCUT2D eigenvalue weighted by Crippen LogP contribution is -2.50. The normalized spacial score (nSPS) is 21.4. The highest BCUT2D eigenvalue weighted by Gasteiger charge is 2.38. The number of thiazole rings is 1. The number of amides is 1. The van der Waals surface area contributed by atoms with Crippen LogP contribution in [0.4, 0.5) is 0 Å². The molecule has 1 saturated heterocycles. The Kier molecular flexibility index (Phi) is 3.79. The third kappa shape index (κ3) is 2.58. The number of nitrogens with two attached hydrogens (primary N) is 1. The standard InChI is InChI=1S/C10H15N3O4S2/c1-6-9(18-10(15)12-6)19(16,17)13-5-3-2-4-7(13)8(11)14/h7H,2-5H2,1H3,(H2,11,14)(H,12,15). The van der Waals surface area contributed by atoms with Crippen molar-refractivity contribution in [2.75, 3.05) is 6.54 Å². The summed E-state index contributed by atoms with van der Waals surface area (Å²) < 4.78 is 26.1. The molecule has 106 valence electrons. The monoisotopic (exact) mass is 305 g/mol. The van der Waals surface area contributed by atoms with Gasteiger partial charge in [0.05, 0.1) is 0 Å². The molecule has 0 saturated carbocycles. The minimum atomic E-state index is -3.85. The summed E-state index contributed by atoms with van der Waals surface area (Å²) in [4.78, 5) is 24.6. The number of carbonyl (C=O) groups excluding carboxylic acids is 1. The first kappa shape index (κ1) is 14.2. The average Bonchev–Trinajstić information content (AvgIpc) is 2.69. The second kappa shape index (κ2) is 5.06. The number of sulfonamides is 1. The molecule has 7 nitrogen and oxygen atoms in total. The van der Waals surface area contributed by atoms with Gasteiger partial charge < -0.3 is 10.7 Å². The minimum Gasteiger partial charge on any atom is -0.368 e. The SMILES string of the molecule is Cc1[nH]c(=O)sc1S(=O)(=O)N1CCCCC1C(N)=O. The Labute approximate surface area is 114 Å². The number of aromatic nitrogens is 1. The molecule has 1 aliphatic heterocycles. The molecular formula is C10H15N3O4S2. The number of H-pyrrole nitrogens is 1. The van der Waals surface area contributed by atoms with Gasteiger partial charge in [0.15, 0.2) is 4.21 Å². The summed E-state index contributed by atoms with van der Waals surface area (Å²) in [6.45, 7) is 1.77. The Bertz CT molecular complexity index is 646. The summed E-state index contributed by atoms with van der Waals surface area (Å²) >= 11 is 0.636. The molecule has 1 atom stereocenters. The summed E-state index contributed by atoms with van der Waals surface area (Å²) in [6.07, 6.45) is 1.87. The van der Waals surface area contributed by atoms with Crippen LogP contribution in [0.2, 0.25) is 0 Å². The number of aromatic amines is 1. The van der Waals surface area contributed by atoms with Crippen molar-refractivity contribution in [3.8, 4) is 0 Å². The zero-order chi connectivity index (χ0) is 14.2. The van der Waals surface area contributed by atoms with Crippen molar-refractivity contribution in [3.05, 3.63) is 15.4 Å². The maximum Gasteiger partial charge on any atom is 0.305 e. The van der Waals surface area contributed by atoms with E-state index in [1.807, 2.05) is 0 Å². The largest absolute Gasteiger partial charge is 0.368 e. The molecular weight excluding hydrogens is 290 g/mol. The highest BCUT2D eigenvalue weighted by atomic mass is 32.2. The molecule has 1 amide bonds. The second-order valence-corrected chi connectivity index (χ2v) is 7.53. The van der Waals surface area contributed by atoms with E-state index in [2.05, 4.69) is 4.98 Å².